The molecular formula is C29H29ClN4O2. The Bertz CT molecular complexity index is 1340. The molecule has 0 spiro atoms. The Labute approximate surface area is 215 Å². The number of para-hydroxylation sites is 1. The smallest absolute Gasteiger partial charge is 0.270 e. The molecule has 0 atom stereocenters. The number of carbonyl (C=O) groups excluding carboxylic acids is 2. The lowest BCUT2D eigenvalue weighted by molar-refractivity contribution is -0.122. The fraction of sp³-hybridized carbons (Fsp3) is 0.276. The second-order valence-corrected chi connectivity index (χ2v) is 9.81. The van der Waals surface area contributed by atoms with Crippen molar-refractivity contribution in [2.45, 2.75) is 32.4 Å². The highest BCUT2D eigenvalue weighted by atomic mass is 35.5. The molecule has 1 fully saturated rings. The highest BCUT2D eigenvalue weighted by Crippen LogP contribution is 2.26. The van der Waals surface area contributed by atoms with Crippen molar-refractivity contribution in [2.75, 3.05) is 13.1 Å². The van der Waals surface area contributed by atoms with E-state index < -0.39 is 0 Å². The first-order valence-corrected chi connectivity index (χ1v) is 12.7. The van der Waals surface area contributed by atoms with Crippen molar-refractivity contribution in [3.8, 4) is 0 Å². The van der Waals surface area contributed by atoms with Crippen LogP contribution in [-0.2, 0) is 17.9 Å². The number of hydrogen-bond acceptors (Lipinski definition) is 3. The number of carbonyl (C=O) groups is 2. The summed E-state index contributed by atoms with van der Waals surface area (Å²) in [5.74, 6) is 0.381. The lowest BCUT2D eigenvalue weighted by Crippen LogP contribution is -2.40. The molecule has 4 aromatic rings. The van der Waals surface area contributed by atoms with E-state index in [9.17, 15) is 9.59 Å². The van der Waals surface area contributed by atoms with Crippen LogP contribution in [0.15, 0.2) is 79.1 Å². The summed E-state index contributed by atoms with van der Waals surface area (Å²) in [4.78, 5) is 32.0. The molecule has 7 heteroatoms. The van der Waals surface area contributed by atoms with Gasteiger partial charge in [-0.2, -0.15) is 0 Å². The first-order chi connectivity index (χ1) is 17.6. The number of fused-ring (bicyclic) bond motifs is 1. The summed E-state index contributed by atoms with van der Waals surface area (Å²) < 4.78 is 2.10. The first-order valence-electron chi connectivity index (χ1n) is 12.3. The van der Waals surface area contributed by atoms with E-state index in [1.165, 1.54) is 0 Å². The fourth-order valence-corrected chi connectivity index (χ4v) is 4.99. The zero-order valence-corrected chi connectivity index (χ0v) is 20.8. The maximum absolute atomic E-state index is 13.6. The molecule has 0 aliphatic carbocycles. The zero-order valence-electron chi connectivity index (χ0n) is 20.1. The number of halogens is 1. The molecule has 6 nitrogen and oxygen atoms in total. The summed E-state index contributed by atoms with van der Waals surface area (Å²) in [5.41, 5.74) is 3.86. The van der Waals surface area contributed by atoms with Gasteiger partial charge in [-0.15, -0.1) is 0 Å². The predicted octanol–water partition coefficient (Wildman–Crippen LogP) is 5.30. The third kappa shape index (κ3) is 5.60. The molecule has 5 rings (SSSR count). The monoisotopic (exact) mass is 500 g/mol. The SMILES string of the molecule is O=C(CC1CCN(C(=O)c2cc3ccccc3n2Cc2ccc(Cl)cc2)CC1)NCc1ccncc1. The Morgan fingerprint density at radius 1 is 0.944 bits per heavy atom. The van der Waals surface area contributed by atoms with Crippen molar-refractivity contribution in [3.63, 3.8) is 0 Å². The Kier molecular flexibility index (Phi) is 7.33. The third-order valence-electron chi connectivity index (χ3n) is 6.90. The van der Waals surface area contributed by atoms with Gasteiger partial charge in [-0.3, -0.25) is 14.6 Å². The van der Waals surface area contributed by atoms with Gasteiger partial charge in [0.05, 0.1) is 0 Å². The van der Waals surface area contributed by atoms with Crippen LogP contribution in [0.2, 0.25) is 5.02 Å². The summed E-state index contributed by atoms with van der Waals surface area (Å²) in [6.45, 7) is 2.42. The first kappa shape index (κ1) is 24.1. The van der Waals surface area contributed by atoms with Crippen molar-refractivity contribution in [3.05, 3.63) is 101 Å². The van der Waals surface area contributed by atoms with E-state index in [4.69, 9.17) is 11.6 Å². The van der Waals surface area contributed by atoms with Gasteiger partial charge in [-0.1, -0.05) is 41.9 Å². The van der Waals surface area contributed by atoms with Crippen molar-refractivity contribution < 1.29 is 9.59 Å². The van der Waals surface area contributed by atoms with E-state index in [0.717, 1.165) is 34.9 Å². The predicted molar refractivity (Wildman–Crippen MR) is 142 cm³/mol. The van der Waals surface area contributed by atoms with Crippen molar-refractivity contribution in [1.82, 2.24) is 19.8 Å². The molecule has 3 heterocycles. The number of rotatable bonds is 7. The van der Waals surface area contributed by atoms with Gasteiger partial charge in [0.25, 0.3) is 5.91 Å². The number of hydrogen-bond donors (Lipinski definition) is 1. The van der Waals surface area contributed by atoms with Gasteiger partial charge in [0, 0.05) is 60.9 Å². The highest BCUT2D eigenvalue weighted by molar-refractivity contribution is 6.30. The second kappa shape index (κ2) is 11.0. The number of likely N-dealkylation sites (tertiary alicyclic amines) is 1. The van der Waals surface area contributed by atoms with Crippen LogP contribution >= 0.6 is 11.6 Å². The number of benzene rings is 2. The molecule has 0 bridgehead atoms. The van der Waals surface area contributed by atoms with Gasteiger partial charge < -0.3 is 14.8 Å². The molecule has 184 valence electrons. The van der Waals surface area contributed by atoms with Gasteiger partial charge >= 0.3 is 0 Å². The second-order valence-electron chi connectivity index (χ2n) is 9.37. The average Bonchev–Trinajstić information content (AvgIpc) is 3.27. The molecule has 0 saturated carbocycles. The molecule has 2 aromatic heterocycles. The molecule has 1 saturated heterocycles. The van der Waals surface area contributed by atoms with Crippen LogP contribution in [0.25, 0.3) is 10.9 Å². The van der Waals surface area contributed by atoms with Gasteiger partial charge in [0.1, 0.15) is 5.69 Å². The van der Waals surface area contributed by atoms with Crippen LogP contribution in [0.5, 0.6) is 0 Å². The van der Waals surface area contributed by atoms with Gasteiger partial charge in [-0.05, 0) is 66.3 Å². The fourth-order valence-electron chi connectivity index (χ4n) is 4.87. The number of pyridine rings is 1. The Morgan fingerprint density at radius 2 is 1.67 bits per heavy atom. The van der Waals surface area contributed by atoms with Gasteiger partial charge in [0.2, 0.25) is 5.91 Å². The molecule has 0 unspecified atom stereocenters. The number of nitrogens with one attached hydrogen (secondary N) is 1. The van der Waals surface area contributed by atoms with Crippen LogP contribution in [0, 0.1) is 5.92 Å². The molecule has 1 aliphatic rings. The number of nitrogens with zero attached hydrogens (tertiary/aromatic N) is 3. The summed E-state index contributed by atoms with van der Waals surface area (Å²) in [7, 11) is 0. The number of piperidine rings is 1. The quantitative estimate of drug-likeness (QED) is 0.374. The minimum atomic E-state index is 0.0424. The minimum Gasteiger partial charge on any atom is -0.352 e. The molecule has 2 aromatic carbocycles. The van der Waals surface area contributed by atoms with Crippen molar-refractivity contribution >= 4 is 34.3 Å². The van der Waals surface area contributed by atoms with Crippen LogP contribution in [0.4, 0.5) is 0 Å². The molecule has 36 heavy (non-hydrogen) atoms. The minimum absolute atomic E-state index is 0.0424. The van der Waals surface area contributed by atoms with E-state index in [0.29, 0.717) is 43.3 Å². The Hall–Kier alpha value is -3.64. The van der Waals surface area contributed by atoms with E-state index >= 15 is 0 Å². The topological polar surface area (TPSA) is 67.2 Å². The standard InChI is InChI=1S/C29H29ClN4O2/c30-25-7-5-23(6-8-25)20-34-26-4-2-1-3-24(26)18-27(34)29(36)33-15-11-21(12-16-33)17-28(35)32-19-22-9-13-31-14-10-22/h1-10,13-14,18,21H,11-12,15-17,19-20H2,(H,32,35). The van der Waals surface area contributed by atoms with Crippen LogP contribution in [0.3, 0.4) is 0 Å². The molecule has 1 aliphatic heterocycles. The molecule has 2 amide bonds. The number of amides is 2. The molecule has 1 N–H and O–H groups in total. The van der Waals surface area contributed by atoms with Crippen LogP contribution in [-0.4, -0.2) is 39.4 Å². The highest BCUT2D eigenvalue weighted by Gasteiger charge is 2.27. The van der Waals surface area contributed by atoms with Crippen LogP contribution in [0.1, 0.15) is 40.9 Å². The average molecular weight is 501 g/mol. The molecular weight excluding hydrogens is 472 g/mol. The van der Waals surface area contributed by atoms with Gasteiger partial charge in [-0.25, -0.2) is 0 Å². The third-order valence-corrected chi connectivity index (χ3v) is 7.15. The zero-order chi connectivity index (χ0) is 24.9. The summed E-state index contributed by atoms with van der Waals surface area (Å²) in [5, 5.41) is 4.74. The number of aromatic nitrogens is 2. The molecule has 0 radical (unpaired) electrons. The van der Waals surface area contributed by atoms with E-state index in [1.807, 2.05) is 65.6 Å². The van der Waals surface area contributed by atoms with Crippen LogP contribution < -0.4 is 5.32 Å². The lowest BCUT2D eigenvalue weighted by Gasteiger charge is -2.32. The van der Waals surface area contributed by atoms with E-state index in [2.05, 4.69) is 20.9 Å². The summed E-state index contributed by atoms with van der Waals surface area (Å²) in [6.07, 6.45) is 5.59. The largest absolute Gasteiger partial charge is 0.352 e. The van der Waals surface area contributed by atoms with E-state index in [1.54, 1.807) is 12.4 Å². The van der Waals surface area contributed by atoms with E-state index in [-0.39, 0.29) is 17.7 Å². The maximum Gasteiger partial charge on any atom is 0.270 e. The Morgan fingerprint density at radius 3 is 2.42 bits per heavy atom. The normalized spacial score (nSPS) is 14.2. The summed E-state index contributed by atoms with van der Waals surface area (Å²) >= 11 is 6.07. The lowest BCUT2D eigenvalue weighted by atomic mass is 9.93. The van der Waals surface area contributed by atoms with Crippen molar-refractivity contribution in [2.24, 2.45) is 5.92 Å². The Balaban J connectivity index is 1.23. The maximum atomic E-state index is 13.6. The van der Waals surface area contributed by atoms with Gasteiger partial charge in [0.15, 0.2) is 0 Å². The summed E-state index contributed by atoms with van der Waals surface area (Å²) in [6, 6.07) is 21.6. The van der Waals surface area contributed by atoms with Crippen molar-refractivity contribution in [1.29, 1.82) is 0 Å².